The Kier molecular flexibility index (Phi) is 5.69. The van der Waals surface area contributed by atoms with Gasteiger partial charge in [0.05, 0.1) is 19.6 Å². The molecule has 8 nitrogen and oxygen atoms in total. The summed E-state index contributed by atoms with van der Waals surface area (Å²) in [4.78, 5) is 28.1. The zero-order chi connectivity index (χ0) is 20.1. The average Bonchev–Trinajstić information content (AvgIpc) is 3.15. The van der Waals surface area contributed by atoms with Gasteiger partial charge in [-0.3, -0.25) is 9.78 Å². The molecule has 0 aliphatic carbocycles. The van der Waals surface area contributed by atoms with Crippen molar-refractivity contribution in [3.63, 3.8) is 0 Å². The maximum atomic E-state index is 12.3. The Hall–Kier alpha value is -3.68. The number of aromatic carboxylic acids is 1. The van der Waals surface area contributed by atoms with Gasteiger partial charge in [-0.1, -0.05) is 17.3 Å². The van der Waals surface area contributed by atoms with Crippen LogP contribution in [0.25, 0.3) is 11.3 Å². The molecule has 0 saturated heterocycles. The summed E-state index contributed by atoms with van der Waals surface area (Å²) in [5, 5.41) is 16.2. The lowest BCUT2D eigenvalue weighted by molar-refractivity contribution is -0.121. The van der Waals surface area contributed by atoms with Crippen molar-refractivity contribution in [3.8, 4) is 17.0 Å². The van der Waals surface area contributed by atoms with Gasteiger partial charge in [-0.15, -0.1) is 0 Å². The Bertz CT molecular complexity index is 967. The molecule has 0 aliphatic rings. The van der Waals surface area contributed by atoms with Gasteiger partial charge in [0, 0.05) is 18.0 Å². The fourth-order valence-corrected chi connectivity index (χ4v) is 2.79. The molecule has 144 valence electrons. The summed E-state index contributed by atoms with van der Waals surface area (Å²) in [6.45, 7) is 1.64. The van der Waals surface area contributed by atoms with Crippen LogP contribution in [0.15, 0.2) is 53.3 Å². The van der Waals surface area contributed by atoms with E-state index in [1.54, 1.807) is 56.6 Å². The highest BCUT2D eigenvalue weighted by atomic mass is 16.5. The highest BCUT2D eigenvalue weighted by molar-refractivity contribution is 5.96. The molecule has 0 saturated carbocycles. The number of benzene rings is 1. The van der Waals surface area contributed by atoms with E-state index in [4.69, 9.17) is 9.26 Å². The lowest BCUT2D eigenvalue weighted by Gasteiger charge is -2.12. The normalized spacial score (nSPS) is 11.6. The number of pyridine rings is 1. The number of aromatic nitrogens is 2. The molecule has 3 rings (SSSR count). The maximum absolute atomic E-state index is 12.3. The van der Waals surface area contributed by atoms with Crippen molar-refractivity contribution in [3.05, 3.63) is 65.7 Å². The van der Waals surface area contributed by atoms with Crippen molar-refractivity contribution >= 4 is 11.9 Å². The van der Waals surface area contributed by atoms with Gasteiger partial charge >= 0.3 is 5.97 Å². The third kappa shape index (κ3) is 4.17. The lowest BCUT2D eigenvalue weighted by atomic mass is 10.0. The van der Waals surface area contributed by atoms with Crippen molar-refractivity contribution in [2.24, 2.45) is 0 Å². The Balaban J connectivity index is 1.76. The van der Waals surface area contributed by atoms with Crippen LogP contribution in [0.3, 0.4) is 0 Å². The SMILES string of the molecule is COc1ccc(CC(=O)NC(C)c2onc(-c3cccnc3)c2C(=O)O)cc1. The summed E-state index contributed by atoms with van der Waals surface area (Å²) < 4.78 is 10.4. The Morgan fingerprint density at radius 1 is 1.25 bits per heavy atom. The number of carboxylic acid groups (broad SMARTS) is 1. The quantitative estimate of drug-likeness (QED) is 0.647. The summed E-state index contributed by atoms with van der Waals surface area (Å²) in [5.41, 5.74) is 1.40. The molecule has 2 aromatic heterocycles. The van der Waals surface area contributed by atoms with Crippen molar-refractivity contribution < 1.29 is 24.0 Å². The molecular formula is C20H19N3O5. The van der Waals surface area contributed by atoms with Gasteiger partial charge in [0.15, 0.2) is 5.76 Å². The van der Waals surface area contributed by atoms with E-state index in [0.29, 0.717) is 11.3 Å². The highest BCUT2D eigenvalue weighted by Gasteiger charge is 2.28. The number of rotatable bonds is 7. The number of ether oxygens (including phenoxy) is 1. The van der Waals surface area contributed by atoms with Gasteiger partial charge in [0.2, 0.25) is 5.91 Å². The number of amides is 1. The summed E-state index contributed by atoms with van der Waals surface area (Å²) in [6.07, 6.45) is 3.22. The first-order valence-corrected chi connectivity index (χ1v) is 8.55. The van der Waals surface area contributed by atoms with E-state index < -0.39 is 12.0 Å². The van der Waals surface area contributed by atoms with Crippen LogP contribution in [-0.2, 0) is 11.2 Å². The molecule has 0 radical (unpaired) electrons. The maximum Gasteiger partial charge on any atom is 0.341 e. The van der Waals surface area contributed by atoms with Gasteiger partial charge in [0.1, 0.15) is 17.0 Å². The summed E-state index contributed by atoms with van der Waals surface area (Å²) in [7, 11) is 1.57. The molecule has 2 N–H and O–H groups in total. The second-order valence-corrected chi connectivity index (χ2v) is 6.13. The van der Waals surface area contributed by atoms with Crippen LogP contribution in [0, 0.1) is 0 Å². The van der Waals surface area contributed by atoms with E-state index in [9.17, 15) is 14.7 Å². The minimum Gasteiger partial charge on any atom is -0.497 e. The van der Waals surface area contributed by atoms with E-state index >= 15 is 0 Å². The summed E-state index contributed by atoms with van der Waals surface area (Å²) in [5.74, 6) is -0.678. The molecule has 28 heavy (non-hydrogen) atoms. The second-order valence-electron chi connectivity index (χ2n) is 6.13. The smallest absolute Gasteiger partial charge is 0.341 e. The number of carbonyl (C=O) groups is 2. The van der Waals surface area contributed by atoms with E-state index in [1.807, 2.05) is 0 Å². The fourth-order valence-electron chi connectivity index (χ4n) is 2.79. The predicted octanol–water partition coefficient (Wildman–Crippen LogP) is 2.86. The van der Waals surface area contributed by atoms with Gasteiger partial charge in [-0.25, -0.2) is 4.79 Å². The molecule has 1 unspecified atom stereocenters. The number of nitrogens with one attached hydrogen (secondary N) is 1. The van der Waals surface area contributed by atoms with Crippen LogP contribution in [0.1, 0.15) is 34.6 Å². The number of hydrogen-bond donors (Lipinski definition) is 2. The topological polar surface area (TPSA) is 115 Å². The molecule has 3 aromatic rings. The van der Waals surface area contributed by atoms with Crippen LogP contribution in [-0.4, -0.2) is 34.2 Å². The average molecular weight is 381 g/mol. The lowest BCUT2D eigenvalue weighted by Crippen LogP contribution is -2.28. The van der Waals surface area contributed by atoms with Crippen LogP contribution in [0.2, 0.25) is 0 Å². The van der Waals surface area contributed by atoms with Crippen LogP contribution in [0.4, 0.5) is 0 Å². The van der Waals surface area contributed by atoms with Crippen molar-refractivity contribution in [1.82, 2.24) is 15.5 Å². The fraction of sp³-hybridized carbons (Fsp3) is 0.200. The molecule has 2 heterocycles. The number of methoxy groups -OCH3 is 1. The number of carboxylic acids is 1. The van der Waals surface area contributed by atoms with Crippen LogP contribution < -0.4 is 10.1 Å². The van der Waals surface area contributed by atoms with Crippen LogP contribution >= 0.6 is 0 Å². The molecule has 0 spiro atoms. The summed E-state index contributed by atoms with van der Waals surface area (Å²) in [6, 6.07) is 9.82. The standard InChI is InChI=1S/C20H19N3O5/c1-12(22-16(24)10-13-5-7-15(27-2)8-6-13)19-17(20(25)26)18(23-28-19)14-4-3-9-21-11-14/h3-9,11-12H,10H2,1-2H3,(H,22,24)(H,25,26). The first kappa shape index (κ1) is 19.1. The van der Waals surface area contributed by atoms with E-state index in [-0.39, 0.29) is 29.3 Å². The molecule has 0 bridgehead atoms. The Labute approximate surface area is 161 Å². The molecule has 0 fully saturated rings. The Morgan fingerprint density at radius 3 is 2.61 bits per heavy atom. The van der Waals surface area contributed by atoms with Gasteiger partial charge < -0.3 is 19.7 Å². The molecule has 0 aliphatic heterocycles. The molecule has 8 heteroatoms. The van der Waals surface area contributed by atoms with Crippen molar-refractivity contribution in [2.75, 3.05) is 7.11 Å². The monoisotopic (exact) mass is 381 g/mol. The predicted molar refractivity (Wildman–Crippen MR) is 99.9 cm³/mol. The number of carbonyl (C=O) groups excluding carboxylic acids is 1. The first-order valence-electron chi connectivity index (χ1n) is 8.55. The first-order chi connectivity index (χ1) is 13.5. The molecule has 1 aromatic carbocycles. The van der Waals surface area contributed by atoms with Gasteiger partial charge in [0.25, 0.3) is 0 Å². The third-order valence-corrected chi connectivity index (χ3v) is 4.16. The molecular weight excluding hydrogens is 362 g/mol. The van der Waals surface area contributed by atoms with Crippen LogP contribution in [0.5, 0.6) is 5.75 Å². The number of hydrogen-bond acceptors (Lipinski definition) is 6. The van der Waals surface area contributed by atoms with Gasteiger partial charge in [-0.2, -0.15) is 0 Å². The van der Waals surface area contributed by atoms with Crippen molar-refractivity contribution in [1.29, 1.82) is 0 Å². The van der Waals surface area contributed by atoms with Gasteiger partial charge in [-0.05, 0) is 36.8 Å². The highest BCUT2D eigenvalue weighted by Crippen LogP contribution is 2.28. The zero-order valence-electron chi connectivity index (χ0n) is 15.4. The zero-order valence-corrected chi connectivity index (χ0v) is 15.4. The third-order valence-electron chi connectivity index (χ3n) is 4.16. The minimum atomic E-state index is -1.19. The second kappa shape index (κ2) is 8.34. The van der Waals surface area contributed by atoms with E-state index in [1.165, 1.54) is 6.20 Å². The summed E-state index contributed by atoms with van der Waals surface area (Å²) >= 11 is 0. The van der Waals surface area contributed by atoms with E-state index in [2.05, 4.69) is 15.5 Å². The Morgan fingerprint density at radius 2 is 2.00 bits per heavy atom. The largest absolute Gasteiger partial charge is 0.497 e. The number of nitrogens with zero attached hydrogens (tertiary/aromatic N) is 2. The molecule has 1 atom stereocenters. The molecule has 1 amide bonds. The van der Waals surface area contributed by atoms with E-state index in [0.717, 1.165) is 5.56 Å². The van der Waals surface area contributed by atoms with Crippen molar-refractivity contribution in [2.45, 2.75) is 19.4 Å². The minimum absolute atomic E-state index is 0.0782.